The monoisotopic (exact) mass is 540 g/mol. The van der Waals surface area contributed by atoms with Crippen molar-refractivity contribution in [3.63, 3.8) is 0 Å². The summed E-state index contributed by atoms with van der Waals surface area (Å²) in [6.45, 7) is 2.20. The SMILES string of the molecule is COc1c(Cl)cc(C)cc1/C(O)=C1\C(=O)C(=O)N(c2ccc(OCc3ccccc3)cc2)C1c1cccnc1. The first-order chi connectivity index (χ1) is 18.9. The maximum atomic E-state index is 13.5. The quantitative estimate of drug-likeness (QED) is 0.169. The molecule has 5 rings (SSSR count). The summed E-state index contributed by atoms with van der Waals surface area (Å²) < 4.78 is 11.3. The van der Waals surface area contributed by atoms with Gasteiger partial charge in [0.05, 0.1) is 29.3 Å². The number of pyridine rings is 1. The fourth-order valence-corrected chi connectivity index (χ4v) is 5.00. The van der Waals surface area contributed by atoms with E-state index in [0.29, 0.717) is 23.6 Å². The van der Waals surface area contributed by atoms with Crippen LogP contribution in [0.3, 0.4) is 0 Å². The number of aliphatic hydroxyl groups excluding tert-OH is 1. The van der Waals surface area contributed by atoms with Crippen molar-refractivity contribution in [2.45, 2.75) is 19.6 Å². The molecule has 1 unspecified atom stereocenters. The van der Waals surface area contributed by atoms with E-state index in [0.717, 1.165) is 11.1 Å². The number of aromatic nitrogens is 1. The van der Waals surface area contributed by atoms with Crippen molar-refractivity contribution in [1.29, 1.82) is 0 Å². The number of anilines is 1. The Bertz CT molecular complexity index is 1550. The van der Waals surface area contributed by atoms with Crippen molar-refractivity contribution in [3.05, 3.63) is 124 Å². The smallest absolute Gasteiger partial charge is 0.300 e. The van der Waals surface area contributed by atoms with Gasteiger partial charge in [0.2, 0.25) is 0 Å². The van der Waals surface area contributed by atoms with Crippen LogP contribution in [0.2, 0.25) is 5.02 Å². The third kappa shape index (κ3) is 5.09. The molecule has 8 heteroatoms. The molecule has 0 radical (unpaired) electrons. The van der Waals surface area contributed by atoms with Crippen LogP contribution >= 0.6 is 11.6 Å². The van der Waals surface area contributed by atoms with E-state index in [1.165, 1.54) is 12.0 Å². The Labute approximate surface area is 230 Å². The molecule has 0 bridgehead atoms. The molecular weight excluding hydrogens is 516 g/mol. The number of hydrogen-bond donors (Lipinski definition) is 1. The third-order valence-corrected chi connectivity index (χ3v) is 6.74. The molecule has 1 fully saturated rings. The van der Waals surface area contributed by atoms with Crippen LogP contribution < -0.4 is 14.4 Å². The van der Waals surface area contributed by atoms with Crippen molar-refractivity contribution in [3.8, 4) is 11.5 Å². The number of carbonyl (C=O) groups is 2. The number of rotatable bonds is 7. The molecule has 7 nitrogen and oxygen atoms in total. The van der Waals surface area contributed by atoms with E-state index in [-0.39, 0.29) is 27.7 Å². The highest BCUT2D eigenvalue weighted by atomic mass is 35.5. The van der Waals surface area contributed by atoms with E-state index in [4.69, 9.17) is 21.1 Å². The normalized spacial score (nSPS) is 16.4. The molecule has 0 saturated carbocycles. The van der Waals surface area contributed by atoms with Gasteiger partial charge < -0.3 is 14.6 Å². The number of halogens is 1. The summed E-state index contributed by atoms with van der Waals surface area (Å²) in [7, 11) is 1.42. The topological polar surface area (TPSA) is 89.0 Å². The summed E-state index contributed by atoms with van der Waals surface area (Å²) in [6, 6.07) is 22.5. The number of ketones is 1. The van der Waals surface area contributed by atoms with Gasteiger partial charge in [0.1, 0.15) is 23.9 Å². The van der Waals surface area contributed by atoms with Gasteiger partial charge in [-0.15, -0.1) is 0 Å². The Morgan fingerprint density at radius 2 is 1.77 bits per heavy atom. The molecule has 0 aliphatic carbocycles. The largest absolute Gasteiger partial charge is 0.507 e. The third-order valence-electron chi connectivity index (χ3n) is 6.45. The van der Waals surface area contributed by atoms with Gasteiger partial charge in [-0.3, -0.25) is 19.5 Å². The molecular formula is C31H25ClN2O5. The Hall–Kier alpha value is -4.62. The minimum atomic E-state index is -0.932. The minimum absolute atomic E-state index is 0.0858. The minimum Gasteiger partial charge on any atom is -0.507 e. The summed E-state index contributed by atoms with van der Waals surface area (Å²) >= 11 is 6.37. The van der Waals surface area contributed by atoms with E-state index in [9.17, 15) is 14.7 Å². The lowest BCUT2D eigenvalue weighted by Gasteiger charge is -2.25. The molecule has 196 valence electrons. The van der Waals surface area contributed by atoms with E-state index < -0.39 is 17.7 Å². The van der Waals surface area contributed by atoms with Crippen molar-refractivity contribution >= 4 is 34.7 Å². The van der Waals surface area contributed by atoms with E-state index in [1.807, 2.05) is 30.3 Å². The number of hydrogen-bond acceptors (Lipinski definition) is 6. The van der Waals surface area contributed by atoms with Crippen molar-refractivity contribution in [2.24, 2.45) is 0 Å². The molecule has 1 saturated heterocycles. The van der Waals surface area contributed by atoms with E-state index in [2.05, 4.69) is 4.98 Å². The van der Waals surface area contributed by atoms with Crippen LogP contribution in [-0.4, -0.2) is 28.9 Å². The zero-order valence-electron chi connectivity index (χ0n) is 21.3. The molecule has 1 atom stereocenters. The van der Waals surface area contributed by atoms with Gasteiger partial charge in [-0.05, 0) is 66.1 Å². The molecule has 3 aromatic carbocycles. The Kier molecular flexibility index (Phi) is 7.34. The fraction of sp³-hybridized carbons (Fsp3) is 0.129. The average Bonchev–Trinajstić information content (AvgIpc) is 3.22. The number of benzene rings is 3. The maximum Gasteiger partial charge on any atom is 0.300 e. The molecule has 1 N–H and O–H groups in total. The van der Waals surface area contributed by atoms with E-state index >= 15 is 0 Å². The lowest BCUT2D eigenvalue weighted by molar-refractivity contribution is -0.132. The van der Waals surface area contributed by atoms with E-state index in [1.54, 1.807) is 67.8 Å². The summed E-state index contributed by atoms with van der Waals surface area (Å²) in [5.74, 6) is -1.17. The number of methoxy groups -OCH3 is 1. The highest BCUT2D eigenvalue weighted by molar-refractivity contribution is 6.51. The number of aliphatic hydroxyl groups is 1. The van der Waals surface area contributed by atoms with Gasteiger partial charge in [0.15, 0.2) is 0 Å². The molecule has 1 aliphatic rings. The predicted molar refractivity (Wildman–Crippen MR) is 149 cm³/mol. The van der Waals surface area contributed by atoms with Gasteiger partial charge in [-0.2, -0.15) is 0 Å². The summed E-state index contributed by atoms with van der Waals surface area (Å²) in [5.41, 5.74) is 2.93. The Balaban J connectivity index is 1.57. The second-order valence-electron chi connectivity index (χ2n) is 9.05. The lowest BCUT2D eigenvalue weighted by Crippen LogP contribution is -2.29. The van der Waals surface area contributed by atoms with Crippen molar-refractivity contribution < 1.29 is 24.2 Å². The van der Waals surface area contributed by atoms with Crippen LogP contribution in [0.5, 0.6) is 11.5 Å². The molecule has 1 amide bonds. The second-order valence-corrected chi connectivity index (χ2v) is 9.46. The van der Waals surface area contributed by atoms with Crippen LogP contribution in [0.1, 0.15) is 28.3 Å². The van der Waals surface area contributed by atoms with Gasteiger partial charge in [0.25, 0.3) is 11.7 Å². The van der Waals surface area contributed by atoms with Crippen LogP contribution in [-0.2, 0) is 16.2 Å². The molecule has 2 heterocycles. The first kappa shape index (κ1) is 26.0. The van der Waals surface area contributed by atoms with Gasteiger partial charge in [-0.25, -0.2) is 0 Å². The number of nitrogens with zero attached hydrogens (tertiary/aromatic N) is 2. The first-order valence-corrected chi connectivity index (χ1v) is 12.6. The molecule has 1 aromatic heterocycles. The Morgan fingerprint density at radius 1 is 1.03 bits per heavy atom. The zero-order chi connectivity index (χ0) is 27.5. The first-order valence-electron chi connectivity index (χ1n) is 12.2. The van der Waals surface area contributed by atoms with Gasteiger partial charge in [0, 0.05) is 18.1 Å². The zero-order valence-corrected chi connectivity index (χ0v) is 22.1. The number of amides is 1. The van der Waals surface area contributed by atoms with Crippen LogP contribution in [0.25, 0.3) is 5.76 Å². The van der Waals surface area contributed by atoms with Crippen LogP contribution in [0.15, 0.2) is 96.8 Å². The maximum absolute atomic E-state index is 13.5. The second kappa shape index (κ2) is 11.0. The summed E-state index contributed by atoms with van der Waals surface area (Å²) in [5, 5.41) is 11.8. The molecule has 39 heavy (non-hydrogen) atoms. The van der Waals surface area contributed by atoms with Crippen molar-refractivity contribution in [1.82, 2.24) is 4.98 Å². The highest BCUT2D eigenvalue weighted by Crippen LogP contribution is 2.44. The van der Waals surface area contributed by atoms with Crippen LogP contribution in [0, 0.1) is 6.92 Å². The summed E-state index contributed by atoms with van der Waals surface area (Å²) in [6.07, 6.45) is 3.16. The Morgan fingerprint density at radius 3 is 2.44 bits per heavy atom. The number of ether oxygens (including phenoxy) is 2. The van der Waals surface area contributed by atoms with Crippen molar-refractivity contribution in [2.75, 3.05) is 12.0 Å². The number of carbonyl (C=O) groups excluding carboxylic acids is 2. The number of Topliss-reactive ketones (excluding diaryl/α,β-unsaturated/α-hetero) is 1. The van der Waals surface area contributed by atoms with Gasteiger partial charge >= 0.3 is 0 Å². The predicted octanol–water partition coefficient (Wildman–Crippen LogP) is 6.26. The fourth-order valence-electron chi connectivity index (χ4n) is 4.65. The standard InChI is InChI=1S/C31H25ClN2O5/c1-19-15-24(30(38-2)25(32)16-19)28(35)26-27(21-9-6-14-33-17-21)34(31(37)29(26)36)22-10-12-23(13-11-22)39-18-20-7-4-3-5-8-20/h3-17,27,35H,18H2,1-2H3/b28-26+. The molecule has 4 aromatic rings. The lowest BCUT2D eigenvalue weighted by atomic mass is 9.95. The summed E-state index contributed by atoms with van der Waals surface area (Å²) in [4.78, 5) is 32.4. The van der Waals surface area contributed by atoms with Gasteiger partial charge in [-0.1, -0.05) is 48.0 Å². The molecule has 1 aliphatic heterocycles. The molecule has 0 spiro atoms. The highest BCUT2D eigenvalue weighted by Gasteiger charge is 2.47. The average molecular weight is 541 g/mol. The number of aryl methyl sites for hydroxylation is 1. The van der Waals surface area contributed by atoms with Crippen LogP contribution in [0.4, 0.5) is 5.69 Å².